The predicted octanol–water partition coefficient (Wildman–Crippen LogP) is 3.96. The molecule has 0 saturated carbocycles. The van der Waals surface area contributed by atoms with Gasteiger partial charge >= 0.3 is 12.0 Å². The second-order valence-electron chi connectivity index (χ2n) is 5.66. The Hall–Kier alpha value is -2.82. The highest BCUT2D eigenvalue weighted by Gasteiger charge is 2.36. The topological polar surface area (TPSA) is 65.2 Å². The van der Waals surface area contributed by atoms with Gasteiger partial charge in [-0.05, 0) is 49.4 Å². The van der Waals surface area contributed by atoms with Crippen LogP contribution in [-0.2, 0) is 4.79 Å². The molecule has 0 aliphatic heterocycles. The van der Waals surface area contributed by atoms with Crippen molar-refractivity contribution in [3.63, 3.8) is 0 Å². The Labute approximate surface area is 148 Å². The van der Waals surface area contributed by atoms with Crippen LogP contribution in [0.4, 0.5) is 13.2 Å². The van der Waals surface area contributed by atoms with Gasteiger partial charge in [-0.3, -0.25) is 4.79 Å². The monoisotopic (exact) mass is 366 g/mol. The summed E-state index contributed by atoms with van der Waals surface area (Å²) in [6, 6.07) is 3.74. The number of alkyl halides is 3. The third kappa shape index (κ3) is 5.09. The lowest BCUT2D eigenvalue weighted by Crippen LogP contribution is -2.20. The average Bonchev–Trinajstić information content (AvgIpc) is 2.98. The fourth-order valence-electron chi connectivity index (χ4n) is 2.27. The van der Waals surface area contributed by atoms with Crippen LogP contribution in [0.5, 0.6) is 5.75 Å². The zero-order chi connectivity index (χ0) is 19.3. The fraction of sp³-hybridized carbons (Fsp3) is 0.389. The van der Waals surface area contributed by atoms with Crippen molar-refractivity contribution in [1.82, 2.24) is 10.1 Å². The summed E-state index contributed by atoms with van der Waals surface area (Å²) in [5.74, 6) is 3.41. The minimum Gasteiger partial charge on any atom is -0.493 e. The molecule has 5 nitrogen and oxygen atoms in total. The van der Waals surface area contributed by atoms with Crippen molar-refractivity contribution in [2.75, 3.05) is 6.61 Å². The molecule has 0 aliphatic carbocycles. The van der Waals surface area contributed by atoms with E-state index < -0.39 is 12.0 Å². The van der Waals surface area contributed by atoms with Crippen LogP contribution in [0.25, 0.3) is 11.4 Å². The summed E-state index contributed by atoms with van der Waals surface area (Å²) in [5.41, 5.74) is 2.56. The third-order valence-corrected chi connectivity index (χ3v) is 3.40. The minimum absolute atomic E-state index is 0.139. The molecule has 2 aromatic rings. The molecule has 0 bridgehead atoms. The van der Waals surface area contributed by atoms with Gasteiger partial charge in [0, 0.05) is 18.9 Å². The van der Waals surface area contributed by atoms with E-state index in [1.807, 2.05) is 26.0 Å². The number of hydrogen-bond acceptors (Lipinski definition) is 5. The Kier molecular flexibility index (Phi) is 6.03. The van der Waals surface area contributed by atoms with E-state index in [0.717, 1.165) is 16.7 Å². The lowest BCUT2D eigenvalue weighted by atomic mass is 10.1. The van der Waals surface area contributed by atoms with Gasteiger partial charge in [0.1, 0.15) is 5.75 Å². The van der Waals surface area contributed by atoms with Crippen LogP contribution >= 0.6 is 0 Å². The van der Waals surface area contributed by atoms with Crippen molar-refractivity contribution in [3.8, 4) is 29.0 Å². The molecule has 1 aromatic carbocycles. The first-order valence-corrected chi connectivity index (χ1v) is 7.83. The second kappa shape index (κ2) is 8.04. The van der Waals surface area contributed by atoms with E-state index in [1.54, 1.807) is 12.8 Å². The Morgan fingerprint density at radius 2 is 1.88 bits per heavy atom. The molecule has 0 spiro atoms. The number of aryl methyl sites for hydroxylation is 3. The first kappa shape index (κ1) is 19.5. The van der Waals surface area contributed by atoms with E-state index in [4.69, 9.17) is 9.26 Å². The summed E-state index contributed by atoms with van der Waals surface area (Å²) in [6.07, 6.45) is -4.36. The number of halogens is 3. The van der Waals surface area contributed by atoms with E-state index in [-0.39, 0.29) is 13.0 Å². The molecular formula is C18H17F3N2O3. The van der Waals surface area contributed by atoms with Gasteiger partial charge in [0.05, 0.1) is 6.61 Å². The summed E-state index contributed by atoms with van der Waals surface area (Å²) in [6.45, 7) is 5.73. The van der Waals surface area contributed by atoms with Gasteiger partial charge in [-0.2, -0.15) is 18.2 Å². The normalized spacial score (nSPS) is 11.0. The summed E-state index contributed by atoms with van der Waals surface area (Å²) >= 11 is 0. The number of unbranched alkanes of at least 4 members (excludes halogenated alkanes) is 1. The Morgan fingerprint density at radius 1 is 1.23 bits per heavy atom. The number of carbonyl (C=O) groups is 1. The van der Waals surface area contributed by atoms with E-state index in [2.05, 4.69) is 16.1 Å². The molecule has 0 unspecified atom stereocenters. The summed E-state index contributed by atoms with van der Waals surface area (Å²) in [7, 11) is 0. The van der Waals surface area contributed by atoms with Crippen LogP contribution in [0.3, 0.4) is 0 Å². The number of rotatable bonds is 5. The number of benzene rings is 1. The number of ether oxygens (including phenoxy) is 1. The van der Waals surface area contributed by atoms with Crippen molar-refractivity contribution in [2.45, 2.75) is 39.8 Å². The van der Waals surface area contributed by atoms with Gasteiger partial charge in [0.15, 0.2) is 0 Å². The third-order valence-electron chi connectivity index (χ3n) is 3.40. The van der Waals surface area contributed by atoms with Crippen molar-refractivity contribution >= 4 is 5.78 Å². The van der Waals surface area contributed by atoms with Crippen LogP contribution in [0.1, 0.15) is 29.9 Å². The van der Waals surface area contributed by atoms with Crippen LogP contribution in [0.2, 0.25) is 0 Å². The highest BCUT2D eigenvalue weighted by molar-refractivity contribution is 5.99. The zero-order valence-corrected chi connectivity index (χ0v) is 14.5. The first-order valence-electron chi connectivity index (χ1n) is 7.83. The fourth-order valence-corrected chi connectivity index (χ4v) is 2.27. The van der Waals surface area contributed by atoms with Gasteiger partial charge in [-0.25, -0.2) is 0 Å². The summed E-state index contributed by atoms with van der Waals surface area (Å²) in [5, 5.41) is 3.88. The van der Waals surface area contributed by atoms with Crippen molar-refractivity contribution in [1.29, 1.82) is 0 Å². The minimum atomic E-state index is -4.91. The van der Waals surface area contributed by atoms with E-state index in [1.165, 1.54) is 0 Å². The quantitative estimate of drug-likeness (QED) is 0.455. The highest BCUT2D eigenvalue weighted by Crippen LogP contribution is 2.29. The molecule has 8 heteroatoms. The molecule has 0 saturated heterocycles. The molecule has 0 radical (unpaired) electrons. The Bertz CT molecular complexity index is 838. The molecule has 0 N–H and O–H groups in total. The maximum atomic E-state index is 12.0. The number of ketones is 1. The maximum Gasteiger partial charge on any atom is 0.462 e. The lowest BCUT2D eigenvalue weighted by Gasteiger charge is -2.12. The maximum absolute atomic E-state index is 12.0. The van der Waals surface area contributed by atoms with Crippen LogP contribution in [-0.4, -0.2) is 28.7 Å². The Morgan fingerprint density at radius 3 is 2.42 bits per heavy atom. The first-order chi connectivity index (χ1) is 12.2. The van der Waals surface area contributed by atoms with E-state index in [9.17, 15) is 18.0 Å². The molecule has 0 amide bonds. The van der Waals surface area contributed by atoms with Gasteiger partial charge in [0.2, 0.25) is 11.7 Å². The number of carbonyl (C=O) groups excluding carboxylic acids is 1. The molecule has 0 atom stereocenters. The van der Waals surface area contributed by atoms with Gasteiger partial charge < -0.3 is 9.26 Å². The molecular weight excluding hydrogens is 349 g/mol. The zero-order valence-electron chi connectivity index (χ0n) is 14.5. The van der Waals surface area contributed by atoms with E-state index in [0.29, 0.717) is 23.9 Å². The number of Topliss-reactive ketones (excluding diaryl/α,β-unsaturated/α-hetero) is 1. The largest absolute Gasteiger partial charge is 0.493 e. The van der Waals surface area contributed by atoms with Gasteiger partial charge in [0.25, 0.3) is 0 Å². The lowest BCUT2D eigenvalue weighted by molar-refractivity contribution is -0.164. The number of nitrogens with zero attached hydrogens (tertiary/aromatic N) is 2. The smallest absolute Gasteiger partial charge is 0.462 e. The molecule has 0 fully saturated rings. The van der Waals surface area contributed by atoms with Gasteiger partial charge in [-0.15, -0.1) is 0 Å². The van der Waals surface area contributed by atoms with E-state index >= 15 is 0 Å². The molecule has 138 valence electrons. The summed E-state index contributed by atoms with van der Waals surface area (Å²) in [4.78, 5) is 14.8. The van der Waals surface area contributed by atoms with Crippen molar-refractivity contribution in [3.05, 3.63) is 29.2 Å². The second-order valence-corrected chi connectivity index (χ2v) is 5.66. The molecule has 1 aromatic heterocycles. The number of hydrogen-bond donors (Lipinski definition) is 0. The highest BCUT2D eigenvalue weighted by atomic mass is 19.4. The van der Waals surface area contributed by atoms with Crippen LogP contribution in [0.15, 0.2) is 16.7 Å². The molecule has 2 rings (SSSR count). The van der Waals surface area contributed by atoms with Crippen LogP contribution in [0, 0.1) is 32.6 Å². The van der Waals surface area contributed by atoms with Crippen LogP contribution < -0.4 is 4.74 Å². The summed E-state index contributed by atoms with van der Waals surface area (Å²) < 4.78 is 46.7. The molecule has 1 heterocycles. The number of aromatic nitrogens is 2. The SMILES string of the molecule is Cc1nc(-c2cc(C)c(OCCCC#CC(=O)C(F)(F)F)c(C)c2)no1. The Balaban J connectivity index is 1.92. The van der Waals surface area contributed by atoms with Gasteiger partial charge in [-0.1, -0.05) is 11.1 Å². The standard InChI is InChI=1S/C18H17F3N2O3/c1-11-9-14(17-22-13(3)26-23-17)10-12(2)16(11)25-8-6-4-5-7-15(24)18(19,20)21/h9-10H,4,6,8H2,1-3H3. The molecule has 26 heavy (non-hydrogen) atoms. The van der Waals surface area contributed by atoms with Crippen molar-refractivity contribution in [2.24, 2.45) is 0 Å². The molecule has 0 aliphatic rings. The average molecular weight is 366 g/mol. The van der Waals surface area contributed by atoms with Crippen molar-refractivity contribution < 1.29 is 27.2 Å². The predicted molar refractivity (Wildman–Crippen MR) is 87.5 cm³/mol.